The number of sulfonamides is 1. The molecule has 0 atom stereocenters. The van der Waals surface area contributed by atoms with Crippen LogP contribution in [0.5, 0.6) is 0 Å². The molecule has 120 valence electrons. The van der Waals surface area contributed by atoms with Crippen LogP contribution >= 0.6 is 0 Å². The molecule has 1 heterocycles. The van der Waals surface area contributed by atoms with Gasteiger partial charge in [0.25, 0.3) is 15.9 Å². The lowest BCUT2D eigenvalue weighted by Gasteiger charge is -2.08. The summed E-state index contributed by atoms with van der Waals surface area (Å²) in [6.07, 6.45) is 3.90. The van der Waals surface area contributed by atoms with Gasteiger partial charge in [-0.2, -0.15) is 0 Å². The first kappa shape index (κ1) is 16.5. The summed E-state index contributed by atoms with van der Waals surface area (Å²) in [6, 6.07) is 5.45. The normalized spacial score (nSPS) is 10.8. The van der Waals surface area contributed by atoms with Gasteiger partial charge < -0.3 is 5.32 Å². The van der Waals surface area contributed by atoms with E-state index in [-0.39, 0.29) is 16.5 Å². The molecule has 0 aliphatic rings. The first-order chi connectivity index (χ1) is 10.9. The fraction of sp³-hybridized carbons (Fsp3) is 0.0769. The Bertz CT molecular complexity index is 806. The zero-order valence-corrected chi connectivity index (χ0v) is 12.8. The molecule has 1 aromatic heterocycles. The molecule has 2 aromatic rings. The quantitative estimate of drug-likeness (QED) is 0.662. The summed E-state index contributed by atoms with van der Waals surface area (Å²) in [5.41, 5.74) is 2.46. The van der Waals surface area contributed by atoms with Crippen LogP contribution in [0.2, 0.25) is 0 Å². The van der Waals surface area contributed by atoms with Gasteiger partial charge in [0, 0.05) is 25.0 Å². The number of hydrazine groups is 1. The first-order valence-corrected chi connectivity index (χ1v) is 7.82. The van der Waals surface area contributed by atoms with E-state index in [2.05, 4.69) is 15.3 Å². The molecular formula is C13H13N5O4S. The number of hydrogen-bond acceptors (Lipinski definition) is 6. The molecule has 23 heavy (non-hydrogen) atoms. The Morgan fingerprint density at radius 3 is 2.35 bits per heavy atom. The second-order valence-electron chi connectivity index (χ2n) is 4.36. The van der Waals surface area contributed by atoms with E-state index in [1.807, 2.05) is 10.3 Å². The average Bonchev–Trinajstić information content (AvgIpc) is 2.53. The predicted octanol–water partition coefficient (Wildman–Crippen LogP) is 0.0583. The molecule has 0 saturated heterocycles. The zero-order valence-electron chi connectivity index (χ0n) is 12.0. The Morgan fingerprint density at radius 1 is 1.09 bits per heavy atom. The lowest BCUT2D eigenvalue weighted by molar-refractivity contribution is -0.114. The number of amides is 2. The first-order valence-electron chi connectivity index (χ1n) is 6.34. The second-order valence-corrected chi connectivity index (χ2v) is 6.04. The van der Waals surface area contributed by atoms with Gasteiger partial charge in [-0.15, -0.1) is 4.83 Å². The lowest BCUT2D eigenvalue weighted by atomic mass is 10.3. The molecule has 2 amide bonds. The predicted molar refractivity (Wildman–Crippen MR) is 80.6 cm³/mol. The topological polar surface area (TPSA) is 130 Å². The monoisotopic (exact) mass is 335 g/mol. The highest BCUT2D eigenvalue weighted by Gasteiger charge is 2.16. The average molecular weight is 335 g/mol. The van der Waals surface area contributed by atoms with Crippen LogP contribution in [0.3, 0.4) is 0 Å². The molecule has 1 aromatic carbocycles. The maximum atomic E-state index is 12.1. The van der Waals surface area contributed by atoms with E-state index < -0.39 is 15.9 Å². The van der Waals surface area contributed by atoms with Crippen molar-refractivity contribution in [3.63, 3.8) is 0 Å². The third-order valence-corrected chi connectivity index (χ3v) is 3.84. The van der Waals surface area contributed by atoms with Crippen molar-refractivity contribution in [3.8, 4) is 0 Å². The maximum absolute atomic E-state index is 12.1. The number of rotatable bonds is 5. The standard InChI is InChI=1S/C13H13N5O4S/c1-9(19)16-10-2-4-11(5-3-10)23(21,22)18-17-13(20)12-8-14-6-7-15-12/h2-8,18H,1H3,(H,16,19)(H,17,20). The van der Waals surface area contributed by atoms with Gasteiger partial charge in [0.2, 0.25) is 5.91 Å². The fourth-order valence-electron chi connectivity index (χ4n) is 1.57. The molecule has 0 fully saturated rings. The Labute approximate surface area is 132 Å². The van der Waals surface area contributed by atoms with Crippen LogP contribution in [0, 0.1) is 0 Å². The number of nitrogens with one attached hydrogen (secondary N) is 3. The Kier molecular flexibility index (Phi) is 4.98. The fourth-order valence-corrected chi connectivity index (χ4v) is 2.41. The van der Waals surface area contributed by atoms with Crippen LogP contribution in [0.25, 0.3) is 0 Å². The third-order valence-electron chi connectivity index (χ3n) is 2.58. The Balaban J connectivity index is 2.04. The largest absolute Gasteiger partial charge is 0.326 e. The zero-order chi connectivity index (χ0) is 16.9. The number of carbonyl (C=O) groups is 2. The van der Waals surface area contributed by atoms with Crippen molar-refractivity contribution in [2.24, 2.45) is 0 Å². The lowest BCUT2D eigenvalue weighted by Crippen LogP contribution is -2.41. The molecule has 0 spiro atoms. The molecular weight excluding hydrogens is 322 g/mol. The molecule has 0 bridgehead atoms. The number of anilines is 1. The van der Waals surface area contributed by atoms with Gasteiger partial charge in [0.1, 0.15) is 5.69 Å². The van der Waals surface area contributed by atoms with Crippen molar-refractivity contribution >= 4 is 27.5 Å². The minimum atomic E-state index is -3.95. The van der Waals surface area contributed by atoms with E-state index in [9.17, 15) is 18.0 Å². The van der Waals surface area contributed by atoms with Gasteiger partial charge in [-0.1, -0.05) is 0 Å². The van der Waals surface area contributed by atoms with Crippen LogP contribution in [0.15, 0.2) is 47.8 Å². The SMILES string of the molecule is CC(=O)Nc1ccc(S(=O)(=O)NNC(=O)c2cnccn2)cc1. The van der Waals surface area contributed by atoms with Gasteiger partial charge in [-0.25, -0.2) is 13.4 Å². The molecule has 0 aliphatic heterocycles. The molecule has 2 rings (SSSR count). The molecule has 0 radical (unpaired) electrons. The van der Waals surface area contributed by atoms with Crippen LogP contribution in [0.1, 0.15) is 17.4 Å². The minimum Gasteiger partial charge on any atom is -0.326 e. The van der Waals surface area contributed by atoms with Gasteiger partial charge in [0.15, 0.2) is 0 Å². The van der Waals surface area contributed by atoms with Crippen LogP contribution in [-0.4, -0.2) is 30.2 Å². The third kappa shape index (κ3) is 4.56. The van der Waals surface area contributed by atoms with Crippen molar-refractivity contribution in [3.05, 3.63) is 48.5 Å². The molecule has 0 aliphatic carbocycles. The number of benzene rings is 1. The van der Waals surface area contributed by atoms with E-state index >= 15 is 0 Å². The van der Waals surface area contributed by atoms with E-state index in [0.717, 1.165) is 0 Å². The highest BCUT2D eigenvalue weighted by atomic mass is 32.2. The molecule has 10 heteroatoms. The molecule has 0 saturated carbocycles. The summed E-state index contributed by atoms with van der Waals surface area (Å²) in [6.45, 7) is 1.34. The molecule has 9 nitrogen and oxygen atoms in total. The van der Waals surface area contributed by atoms with Crippen molar-refractivity contribution < 1.29 is 18.0 Å². The van der Waals surface area contributed by atoms with E-state index in [1.165, 1.54) is 49.8 Å². The summed E-state index contributed by atoms with van der Waals surface area (Å²) < 4.78 is 24.1. The van der Waals surface area contributed by atoms with Crippen molar-refractivity contribution in [2.75, 3.05) is 5.32 Å². The number of aromatic nitrogens is 2. The number of carbonyl (C=O) groups excluding carboxylic acids is 2. The van der Waals surface area contributed by atoms with Gasteiger partial charge in [-0.05, 0) is 24.3 Å². The number of hydrogen-bond donors (Lipinski definition) is 3. The summed E-state index contributed by atoms with van der Waals surface area (Å²) in [5, 5.41) is 2.52. The Hall–Kier alpha value is -2.85. The van der Waals surface area contributed by atoms with E-state index in [1.54, 1.807) is 0 Å². The van der Waals surface area contributed by atoms with E-state index in [0.29, 0.717) is 5.69 Å². The summed E-state index contributed by atoms with van der Waals surface area (Å²) in [5.74, 6) is -1.01. The number of nitrogens with zero attached hydrogens (tertiary/aromatic N) is 2. The van der Waals surface area contributed by atoms with Crippen LogP contribution in [0.4, 0.5) is 5.69 Å². The van der Waals surface area contributed by atoms with Gasteiger partial charge in [-0.3, -0.25) is 20.0 Å². The van der Waals surface area contributed by atoms with E-state index in [4.69, 9.17) is 0 Å². The van der Waals surface area contributed by atoms with Crippen LogP contribution < -0.4 is 15.6 Å². The maximum Gasteiger partial charge on any atom is 0.286 e. The van der Waals surface area contributed by atoms with Gasteiger partial charge >= 0.3 is 0 Å². The second kappa shape index (κ2) is 6.94. The highest BCUT2D eigenvalue weighted by molar-refractivity contribution is 7.89. The Morgan fingerprint density at radius 2 is 1.78 bits per heavy atom. The van der Waals surface area contributed by atoms with Crippen molar-refractivity contribution in [1.82, 2.24) is 20.2 Å². The summed E-state index contributed by atoms with van der Waals surface area (Å²) in [4.78, 5) is 31.9. The summed E-state index contributed by atoms with van der Waals surface area (Å²) >= 11 is 0. The minimum absolute atomic E-state index is 0.0313. The smallest absolute Gasteiger partial charge is 0.286 e. The van der Waals surface area contributed by atoms with Crippen LogP contribution in [-0.2, 0) is 14.8 Å². The van der Waals surface area contributed by atoms with Crippen molar-refractivity contribution in [1.29, 1.82) is 0 Å². The molecule has 0 unspecified atom stereocenters. The van der Waals surface area contributed by atoms with Gasteiger partial charge in [0.05, 0.1) is 11.1 Å². The van der Waals surface area contributed by atoms with Crippen molar-refractivity contribution in [2.45, 2.75) is 11.8 Å². The highest BCUT2D eigenvalue weighted by Crippen LogP contribution is 2.13. The summed E-state index contributed by atoms with van der Waals surface area (Å²) in [7, 11) is -3.95. The molecule has 3 N–H and O–H groups in total.